The van der Waals surface area contributed by atoms with Gasteiger partial charge in [0.05, 0.1) is 11.6 Å². The normalized spacial score (nSPS) is 12.1. The first-order chi connectivity index (χ1) is 13.1. The standard InChI is InChI=1S/C22H26N4O/c1-4-5-17-6-8-18(9-7-17)21(16(2)3)25-22(27)19-10-11-20(24-14-19)26-13-12-23-15-26/h6-16,21H,4-5H2,1-3H3,(H,25,27). The molecule has 1 atom stereocenters. The number of aromatic nitrogens is 3. The zero-order valence-electron chi connectivity index (χ0n) is 16.1. The minimum absolute atomic E-state index is 0.0403. The zero-order valence-corrected chi connectivity index (χ0v) is 16.1. The number of rotatable bonds is 7. The van der Waals surface area contributed by atoms with Crippen molar-refractivity contribution in [1.29, 1.82) is 0 Å². The van der Waals surface area contributed by atoms with Crippen LogP contribution >= 0.6 is 0 Å². The van der Waals surface area contributed by atoms with E-state index in [4.69, 9.17) is 0 Å². The molecule has 1 aromatic carbocycles. The average molecular weight is 362 g/mol. The lowest BCUT2D eigenvalue weighted by atomic mass is 9.94. The van der Waals surface area contributed by atoms with Crippen LogP contribution in [-0.4, -0.2) is 20.4 Å². The van der Waals surface area contributed by atoms with Gasteiger partial charge in [0.25, 0.3) is 5.91 Å². The minimum Gasteiger partial charge on any atom is -0.345 e. The third-order valence-electron chi connectivity index (χ3n) is 4.61. The molecule has 0 radical (unpaired) electrons. The first kappa shape index (κ1) is 18.8. The molecule has 27 heavy (non-hydrogen) atoms. The van der Waals surface area contributed by atoms with Crippen molar-refractivity contribution in [2.75, 3.05) is 0 Å². The van der Waals surface area contributed by atoms with E-state index in [2.05, 4.69) is 60.3 Å². The second-order valence-electron chi connectivity index (χ2n) is 7.06. The second-order valence-corrected chi connectivity index (χ2v) is 7.06. The van der Waals surface area contributed by atoms with Gasteiger partial charge in [-0.05, 0) is 35.6 Å². The van der Waals surface area contributed by atoms with Gasteiger partial charge in [0, 0.05) is 18.6 Å². The minimum atomic E-state index is -0.115. The quantitative estimate of drug-likeness (QED) is 0.680. The van der Waals surface area contributed by atoms with Gasteiger partial charge < -0.3 is 5.32 Å². The van der Waals surface area contributed by atoms with Gasteiger partial charge >= 0.3 is 0 Å². The summed E-state index contributed by atoms with van der Waals surface area (Å²) in [6.07, 6.45) is 9.01. The van der Waals surface area contributed by atoms with Crippen molar-refractivity contribution >= 4 is 5.91 Å². The number of carbonyl (C=O) groups is 1. The van der Waals surface area contributed by atoms with Crippen LogP contribution in [0.15, 0.2) is 61.3 Å². The first-order valence-electron chi connectivity index (χ1n) is 9.42. The van der Waals surface area contributed by atoms with Crippen molar-refractivity contribution in [1.82, 2.24) is 19.9 Å². The molecule has 0 aliphatic rings. The lowest BCUT2D eigenvalue weighted by Crippen LogP contribution is -2.31. The van der Waals surface area contributed by atoms with Crippen LogP contribution < -0.4 is 5.32 Å². The van der Waals surface area contributed by atoms with Crippen LogP contribution in [0, 0.1) is 5.92 Å². The molecule has 1 amide bonds. The maximum absolute atomic E-state index is 12.7. The number of nitrogens with zero attached hydrogens (tertiary/aromatic N) is 3. The monoisotopic (exact) mass is 362 g/mol. The summed E-state index contributed by atoms with van der Waals surface area (Å²) in [5, 5.41) is 3.16. The molecule has 140 valence electrons. The molecule has 0 aliphatic carbocycles. The molecule has 1 unspecified atom stereocenters. The number of benzene rings is 1. The summed E-state index contributed by atoms with van der Waals surface area (Å²) in [6, 6.07) is 12.1. The van der Waals surface area contributed by atoms with Crippen LogP contribution in [0.3, 0.4) is 0 Å². The van der Waals surface area contributed by atoms with Gasteiger partial charge in [-0.25, -0.2) is 9.97 Å². The summed E-state index contributed by atoms with van der Waals surface area (Å²) in [5.74, 6) is 0.899. The molecule has 2 aromatic heterocycles. The predicted molar refractivity (Wildman–Crippen MR) is 107 cm³/mol. The Labute approximate surface area is 160 Å². The molecule has 0 spiro atoms. The van der Waals surface area contributed by atoms with E-state index in [1.807, 2.05) is 12.3 Å². The molecule has 3 aromatic rings. The molecule has 0 fully saturated rings. The van der Waals surface area contributed by atoms with Gasteiger partial charge in [-0.15, -0.1) is 0 Å². The molecular formula is C22H26N4O. The Bertz CT molecular complexity index is 852. The highest BCUT2D eigenvalue weighted by molar-refractivity contribution is 5.94. The van der Waals surface area contributed by atoms with Crippen LogP contribution in [0.5, 0.6) is 0 Å². The maximum Gasteiger partial charge on any atom is 0.253 e. The van der Waals surface area contributed by atoms with Crippen LogP contribution in [0.1, 0.15) is 54.7 Å². The average Bonchev–Trinajstić information content (AvgIpc) is 3.22. The topological polar surface area (TPSA) is 59.8 Å². The summed E-state index contributed by atoms with van der Waals surface area (Å²) in [7, 11) is 0. The highest BCUT2D eigenvalue weighted by Crippen LogP contribution is 2.23. The largest absolute Gasteiger partial charge is 0.345 e. The van der Waals surface area contributed by atoms with Gasteiger partial charge in [0.15, 0.2) is 0 Å². The van der Waals surface area contributed by atoms with Crippen LogP contribution in [0.2, 0.25) is 0 Å². The fraction of sp³-hybridized carbons (Fsp3) is 0.318. The van der Waals surface area contributed by atoms with E-state index in [0.717, 1.165) is 24.2 Å². The van der Waals surface area contributed by atoms with Crippen LogP contribution in [-0.2, 0) is 6.42 Å². The summed E-state index contributed by atoms with van der Waals surface area (Å²) >= 11 is 0. The number of amides is 1. The molecule has 0 saturated carbocycles. The maximum atomic E-state index is 12.7. The van der Waals surface area contributed by atoms with Crippen molar-refractivity contribution in [3.8, 4) is 5.82 Å². The van der Waals surface area contributed by atoms with Crippen molar-refractivity contribution in [2.45, 2.75) is 39.7 Å². The van der Waals surface area contributed by atoms with Gasteiger partial charge in [-0.1, -0.05) is 51.5 Å². The van der Waals surface area contributed by atoms with Crippen LogP contribution in [0.4, 0.5) is 0 Å². The first-order valence-corrected chi connectivity index (χ1v) is 9.42. The van der Waals surface area contributed by atoms with Crippen molar-refractivity contribution in [2.24, 2.45) is 5.92 Å². The molecule has 0 bridgehead atoms. The number of aryl methyl sites for hydroxylation is 1. The Balaban J connectivity index is 1.73. The molecular weight excluding hydrogens is 336 g/mol. The number of pyridine rings is 1. The number of carbonyl (C=O) groups excluding carboxylic acids is 1. The number of hydrogen-bond donors (Lipinski definition) is 1. The Morgan fingerprint density at radius 2 is 1.93 bits per heavy atom. The fourth-order valence-electron chi connectivity index (χ4n) is 3.11. The molecule has 5 nitrogen and oxygen atoms in total. The SMILES string of the molecule is CCCc1ccc(C(NC(=O)c2ccc(-n3ccnc3)nc2)C(C)C)cc1. The highest BCUT2D eigenvalue weighted by Gasteiger charge is 2.19. The highest BCUT2D eigenvalue weighted by atomic mass is 16.1. The number of nitrogens with one attached hydrogen (secondary N) is 1. The van der Waals surface area contributed by atoms with E-state index in [0.29, 0.717) is 5.56 Å². The van der Waals surface area contributed by atoms with E-state index in [1.165, 1.54) is 5.56 Å². The Morgan fingerprint density at radius 1 is 1.15 bits per heavy atom. The molecule has 3 rings (SSSR count). The lowest BCUT2D eigenvalue weighted by molar-refractivity contribution is 0.0925. The van der Waals surface area contributed by atoms with Gasteiger partial charge in [0.2, 0.25) is 0 Å². The third-order valence-corrected chi connectivity index (χ3v) is 4.61. The van der Waals surface area contributed by atoms with E-state index in [9.17, 15) is 4.79 Å². The Morgan fingerprint density at radius 3 is 2.48 bits per heavy atom. The summed E-state index contributed by atoms with van der Waals surface area (Å²) in [5.41, 5.74) is 3.00. The molecule has 2 heterocycles. The number of imidazole rings is 1. The molecule has 5 heteroatoms. The van der Waals surface area contributed by atoms with Crippen molar-refractivity contribution in [3.05, 3.63) is 78.0 Å². The third kappa shape index (κ3) is 4.61. The summed E-state index contributed by atoms with van der Waals surface area (Å²) in [4.78, 5) is 21.1. The summed E-state index contributed by atoms with van der Waals surface area (Å²) < 4.78 is 1.80. The van der Waals surface area contributed by atoms with Gasteiger partial charge in [-0.3, -0.25) is 9.36 Å². The molecule has 1 N–H and O–H groups in total. The fourth-order valence-corrected chi connectivity index (χ4v) is 3.11. The van der Waals surface area contributed by atoms with E-state index >= 15 is 0 Å². The Kier molecular flexibility index (Phi) is 6.01. The second kappa shape index (κ2) is 8.62. The predicted octanol–water partition coefficient (Wildman–Crippen LogP) is 4.35. The lowest BCUT2D eigenvalue weighted by Gasteiger charge is -2.23. The van der Waals surface area contributed by atoms with Crippen molar-refractivity contribution < 1.29 is 4.79 Å². The summed E-state index contributed by atoms with van der Waals surface area (Å²) in [6.45, 7) is 6.41. The van der Waals surface area contributed by atoms with E-state index in [1.54, 1.807) is 29.4 Å². The number of hydrogen-bond acceptors (Lipinski definition) is 3. The van der Waals surface area contributed by atoms with Crippen molar-refractivity contribution in [3.63, 3.8) is 0 Å². The molecule has 0 saturated heterocycles. The smallest absolute Gasteiger partial charge is 0.253 e. The van der Waals surface area contributed by atoms with Gasteiger partial charge in [-0.2, -0.15) is 0 Å². The van der Waals surface area contributed by atoms with E-state index < -0.39 is 0 Å². The Hall–Kier alpha value is -2.95. The van der Waals surface area contributed by atoms with Crippen LogP contribution in [0.25, 0.3) is 5.82 Å². The van der Waals surface area contributed by atoms with E-state index in [-0.39, 0.29) is 17.9 Å². The zero-order chi connectivity index (χ0) is 19.2. The van der Waals surface area contributed by atoms with Gasteiger partial charge in [0.1, 0.15) is 12.1 Å². The molecule has 0 aliphatic heterocycles.